The van der Waals surface area contributed by atoms with Crippen LogP contribution >= 0.6 is 0 Å². The van der Waals surface area contributed by atoms with E-state index in [4.69, 9.17) is 9.94 Å². The molecule has 8 nitrogen and oxygen atoms in total. The first-order chi connectivity index (χ1) is 11.2. The number of hydrogen-bond donors (Lipinski definition) is 3. The van der Waals surface area contributed by atoms with Crippen molar-refractivity contribution in [2.24, 2.45) is 0 Å². The van der Waals surface area contributed by atoms with Crippen molar-refractivity contribution >= 4 is 17.9 Å². The van der Waals surface area contributed by atoms with Gasteiger partial charge >= 0.3 is 12.0 Å². The van der Waals surface area contributed by atoms with Crippen LogP contribution in [0, 0.1) is 0 Å². The molecule has 0 aromatic heterocycles. The molecule has 0 radical (unpaired) electrons. The lowest BCUT2D eigenvalue weighted by molar-refractivity contribution is -0.163. The summed E-state index contributed by atoms with van der Waals surface area (Å²) < 4.78 is 5.39. The van der Waals surface area contributed by atoms with Crippen LogP contribution in [0.4, 0.5) is 4.79 Å². The van der Waals surface area contributed by atoms with Gasteiger partial charge in [-0.15, -0.1) is 0 Å². The summed E-state index contributed by atoms with van der Waals surface area (Å²) >= 11 is 0. The molecule has 0 aromatic carbocycles. The number of ether oxygens (including phenoxy) is 1. The number of nitrogens with one attached hydrogen (secondary N) is 2. The zero-order valence-corrected chi connectivity index (χ0v) is 14.9. The van der Waals surface area contributed by atoms with Crippen molar-refractivity contribution in [1.82, 2.24) is 15.7 Å². The molecule has 1 aliphatic rings. The molecule has 0 unspecified atom stereocenters. The Morgan fingerprint density at radius 1 is 1.33 bits per heavy atom. The number of likely N-dealkylation sites (tertiary alicyclic amines) is 1. The van der Waals surface area contributed by atoms with Crippen LogP contribution in [-0.4, -0.2) is 52.2 Å². The maximum Gasteiger partial charge on any atom is 0.339 e. The number of hydrogen-bond acceptors (Lipinski definition) is 5. The monoisotopic (exact) mass is 343 g/mol. The second kappa shape index (κ2) is 8.86. The quantitative estimate of drug-likeness (QED) is 0.385. The lowest BCUT2D eigenvalue weighted by Crippen LogP contribution is -2.53. The molecular formula is C16H29N3O5. The molecule has 1 aliphatic heterocycles. The zero-order chi connectivity index (χ0) is 18.3. The third kappa shape index (κ3) is 5.99. The highest BCUT2D eigenvalue weighted by atomic mass is 16.6. The van der Waals surface area contributed by atoms with Crippen LogP contribution in [0.1, 0.15) is 59.8 Å². The van der Waals surface area contributed by atoms with Crippen molar-refractivity contribution in [2.75, 3.05) is 6.54 Å². The molecule has 2 atom stereocenters. The standard InChI is InChI=1S/C16H29N3O5/c1-5-6-8-11(17-15(22)18-23)13(20)19-10-7-9-12(19)14(21)24-16(2,3)4/h11-12,23H,5-10H2,1-4H3,(H2,17,18,22)/t11-,12-/m0/s1. The normalized spacial score (nSPS) is 18.9. The van der Waals surface area contributed by atoms with E-state index < -0.39 is 29.7 Å². The van der Waals surface area contributed by atoms with Gasteiger partial charge in [-0.05, 0) is 40.0 Å². The number of nitrogens with zero attached hydrogens (tertiary/aromatic N) is 1. The van der Waals surface area contributed by atoms with E-state index >= 15 is 0 Å². The van der Waals surface area contributed by atoms with E-state index in [0.717, 1.165) is 12.8 Å². The molecule has 0 aromatic rings. The van der Waals surface area contributed by atoms with Crippen molar-refractivity contribution in [1.29, 1.82) is 0 Å². The first kappa shape index (κ1) is 20.2. The number of esters is 1. The molecule has 0 saturated carbocycles. The largest absolute Gasteiger partial charge is 0.458 e. The number of hydroxylamine groups is 1. The van der Waals surface area contributed by atoms with Gasteiger partial charge in [0.2, 0.25) is 5.91 Å². The third-order valence-electron chi connectivity index (χ3n) is 3.77. The number of unbranched alkanes of at least 4 members (excludes halogenated alkanes) is 1. The van der Waals surface area contributed by atoms with Gasteiger partial charge in [0.25, 0.3) is 0 Å². The minimum atomic E-state index is -0.836. The first-order valence-electron chi connectivity index (χ1n) is 8.43. The Balaban J connectivity index is 2.82. The summed E-state index contributed by atoms with van der Waals surface area (Å²) in [4.78, 5) is 38.0. The molecule has 0 spiro atoms. The molecule has 1 rings (SSSR count). The van der Waals surface area contributed by atoms with Crippen molar-refractivity contribution in [3.8, 4) is 0 Å². The second-order valence-corrected chi connectivity index (χ2v) is 7.00. The van der Waals surface area contributed by atoms with Gasteiger partial charge in [0, 0.05) is 6.54 Å². The lowest BCUT2D eigenvalue weighted by atomic mass is 10.1. The molecule has 0 aliphatic carbocycles. The Morgan fingerprint density at radius 2 is 2.00 bits per heavy atom. The predicted molar refractivity (Wildman–Crippen MR) is 87.3 cm³/mol. The van der Waals surface area contributed by atoms with Gasteiger partial charge in [0.15, 0.2) is 0 Å². The molecule has 1 heterocycles. The number of carbonyl (C=O) groups is 3. The highest BCUT2D eigenvalue weighted by Gasteiger charge is 2.39. The maximum atomic E-state index is 12.8. The lowest BCUT2D eigenvalue weighted by Gasteiger charge is -2.30. The van der Waals surface area contributed by atoms with E-state index in [0.29, 0.717) is 25.8 Å². The van der Waals surface area contributed by atoms with Gasteiger partial charge < -0.3 is 15.0 Å². The van der Waals surface area contributed by atoms with E-state index in [1.54, 1.807) is 20.8 Å². The Bertz CT molecular complexity index is 461. The third-order valence-corrected chi connectivity index (χ3v) is 3.77. The molecule has 24 heavy (non-hydrogen) atoms. The Morgan fingerprint density at radius 3 is 2.54 bits per heavy atom. The summed E-state index contributed by atoms with van der Waals surface area (Å²) in [5.41, 5.74) is 0.850. The molecule has 3 amide bonds. The fraction of sp³-hybridized carbons (Fsp3) is 0.812. The van der Waals surface area contributed by atoms with Crippen molar-refractivity contribution < 1.29 is 24.3 Å². The fourth-order valence-corrected chi connectivity index (χ4v) is 2.70. The Hall–Kier alpha value is -1.83. The summed E-state index contributed by atoms with van der Waals surface area (Å²) in [5, 5.41) is 11.1. The van der Waals surface area contributed by atoms with E-state index in [1.807, 2.05) is 6.92 Å². The SMILES string of the molecule is CCCC[C@H](NC(=O)NO)C(=O)N1CCC[C@H]1C(=O)OC(C)(C)C. The van der Waals surface area contributed by atoms with E-state index in [1.165, 1.54) is 10.4 Å². The number of carbonyl (C=O) groups excluding carboxylic acids is 3. The molecule has 0 bridgehead atoms. The number of urea groups is 1. The van der Waals surface area contributed by atoms with Gasteiger partial charge in [-0.3, -0.25) is 10.0 Å². The first-order valence-corrected chi connectivity index (χ1v) is 8.43. The molecular weight excluding hydrogens is 314 g/mol. The second-order valence-electron chi connectivity index (χ2n) is 7.00. The van der Waals surface area contributed by atoms with Crippen LogP contribution in [0.3, 0.4) is 0 Å². The van der Waals surface area contributed by atoms with E-state index in [-0.39, 0.29) is 5.91 Å². The number of amides is 3. The molecule has 8 heteroatoms. The summed E-state index contributed by atoms with van der Waals surface area (Å²) in [6, 6.07) is -2.24. The molecule has 1 fully saturated rings. The highest BCUT2D eigenvalue weighted by Crippen LogP contribution is 2.22. The highest BCUT2D eigenvalue weighted by molar-refractivity contribution is 5.90. The minimum Gasteiger partial charge on any atom is -0.458 e. The van der Waals surface area contributed by atoms with Gasteiger partial charge in [-0.2, -0.15) is 0 Å². The summed E-state index contributed by atoms with van der Waals surface area (Å²) in [6.07, 6.45) is 3.31. The van der Waals surface area contributed by atoms with Gasteiger partial charge in [-0.1, -0.05) is 19.8 Å². The topological polar surface area (TPSA) is 108 Å². The van der Waals surface area contributed by atoms with E-state index in [2.05, 4.69) is 5.32 Å². The van der Waals surface area contributed by atoms with Crippen LogP contribution in [0.25, 0.3) is 0 Å². The summed E-state index contributed by atoms with van der Waals surface area (Å²) in [7, 11) is 0. The Kier molecular flexibility index (Phi) is 7.47. The molecule has 3 N–H and O–H groups in total. The van der Waals surface area contributed by atoms with Crippen molar-refractivity contribution in [3.05, 3.63) is 0 Å². The van der Waals surface area contributed by atoms with Crippen molar-refractivity contribution in [2.45, 2.75) is 77.5 Å². The van der Waals surface area contributed by atoms with Gasteiger partial charge in [-0.25, -0.2) is 15.1 Å². The van der Waals surface area contributed by atoms with E-state index in [9.17, 15) is 14.4 Å². The van der Waals surface area contributed by atoms with Gasteiger partial charge in [0.1, 0.15) is 17.7 Å². The summed E-state index contributed by atoms with van der Waals surface area (Å²) in [6.45, 7) is 7.77. The van der Waals surface area contributed by atoms with Crippen LogP contribution < -0.4 is 10.8 Å². The molecule has 1 saturated heterocycles. The number of rotatable bonds is 6. The van der Waals surface area contributed by atoms with Crippen molar-refractivity contribution in [3.63, 3.8) is 0 Å². The summed E-state index contributed by atoms with van der Waals surface area (Å²) in [5.74, 6) is -0.741. The zero-order valence-electron chi connectivity index (χ0n) is 14.9. The average molecular weight is 343 g/mol. The Labute approximate surface area is 142 Å². The smallest absolute Gasteiger partial charge is 0.339 e. The average Bonchev–Trinajstić information content (AvgIpc) is 2.98. The minimum absolute atomic E-state index is 0.319. The fourth-order valence-electron chi connectivity index (χ4n) is 2.70. The maximum absolute atomic E-state index is 12.8. The van der Waals surface area contributed by atoms with Crippen LogP contribution in [0.5, 0.6) is 0 Å². The van der Waals surface area contributed by atoms with Crippen LogP contribution in [-0.2, 0) is 14.3 Å². The van der Waals surface area contributed by atoms with Crippen LogP contribution in [0.2, 0.25) is 0 Å². The predicted octanol–water partition coefficient (Wildman–Crippen LogP) is 1.57. The molecule has 138 valence electrons. The van der Waals surface area contributed by atoms with Gasteiger partial charge in [0.05, 0.1) is 0 Å². The van der Waals surface area contributed by atoms with Crippen LogP contribution in [0.15, 0.2) is 0 Å².